The Bertz CT molecular complexity index is 1130. The SMILES string of the molecule is [B]c1cnn2c(NC3CCN(C(=O)C4CCCCCC4)CC3)cc(-c3ccccc3O)nc12. The van der Waals surface area contributed by atoms with Crippen molar-refractivity contribution in [2.45, 2.75) is 57.4 Å². The van der Waals surface area contributed by atoms with Gasteiger partial charge in [-0.1, -0.05) is 37.8 Å². The van der Waals surface area contributed by atoms with E-state index in [1.807, 2.05) is 18.2 Å². The maximum Gasteiger partial charge on any atom is 0.225 e. The number of nitrogens with zero attached hydrogens (tertiary/aromatic N) is 4. The molecule has 0 bridgehead atoms. The number of piperidine rings is 1. The monoisotopic (exact) mass is 443 g/mol. The molecule has 1 amide bonds. The van der Waals surface area contributed by atoms with Gasteiger partial charge in [-0.15, -0.1) is 0 Å². The number of anilines is 1. The zero-order valence-electron chi connectivity index (χ0n) is 18.9. The highest BCUT2D eigenvalue weighted by atomic mass is 16.3. The second kappa shape index (κ2) is 9.45. The van der Waals surface area contributed by atoms with Crippen molar-refractivity contribution in [3.63, 3.8) is 0 Å². The van der Waals surface area contributed by atoms with Gasteiger partial charge in [-0.3, -0.25) is 4.79 Å². The molecule has 0 spiro atoms. The average molecular weight is 443 g/mol. The Morgan fingerprint density at radius 1 is 1.06 bits per heavy atom. The van der Waals surface area contributed by atoms with E-state index in [4.69, 9.17) is 7.85 Å². The van der Waals surface area contributed by atoms with Gasteiger partial charge in [-0.25, -0.2) is 4.98 Å². The summed E-state index contributed by atoms with van der Waals surface area (Å²) in [6, 6.07) is 9.26. The zero-order chi connectivity index (χ0) is 22.8. The molecule has 1 saturated carbocycles. The molecule has 2 radical (unpaired) electrons. The number of para-hydroxylation sites is 1. The van der Waals surface area contributed by atoms with Crippen LogP contribution in [0.3, 0.4) is 0 Å². The van der Waals surface area contributed by atoms with Crippen LogP contribution in [0.25, 0.3) is 16.9 Å². The summed E-state index contributed by atoms with van der Waals surface area (Å²) in [6.45, 7) is 1.55. The fourth-order valence-corrected chi connectivity index (χ4v) is 5.15. The maximum absolute atomic E-state index is 13.0. The molecule has 0 unspecified atom stereocenters. The number of aromatic hydroxyl groups is 1. The average Bonchev–Trinajstić information content (AvgIpc) is 3.03. The van der Waals surface area contributed by atoms with Crippen LogP contribution in [0.1, 0.15) is 51.4 Å². The van der Waals surface area contributed by atoms with Gasteiger partial charge in [0.15, 0.2) is 5.65 Å². The van der Waals surface area contributed by atoms with Gasteiger partial charge in [0.05, 0.1) is 5.69 Å². The summed E-state index contributed by atoms with van der Waals surface area (Å²) in [4.78, 5) is 19.7. The van der Waals surface area contributed by atoms with Crippen molar-refractivity contribution in [3.05, 3.63) is 36.5 Å². The molecule has 2 aromatic heterocycles. The van der Waals surface area contributed by atoms with Gasteiger partial charge in [0.1, 0.15) is 19.4 Å². The lowest BCUT2D eigenvalue weighted by Crippen LogP contribution is -2.45. The van der Waals surface area contributed by atoms with Crippen molar-refractivity contribution in [2.24, 2.45) is 5.92 Å². The number of aromatic nitrogens is 3. The van der Waals surface area contributed by atoms with Crippen LogP contribution in [0.5, 0.6) is 5.75 Å². The molecule has 33 heavy (non-hydrogen) atoms. The molecule has 170 valence electrons. The molecule has 2 fully saturated rings. The lowest BCUT2D eigenvalue weighted by molar-refractivity contribution is -0.136. The first-order chi connectivity index (χ1) is 16.1. The van der Waals surface area contributed by atoms with Crippen LogP contribution in [0.4, 0.5) is 5.82 Å². The van der Waals surface area contributed by atoms with E-state index in [2.05, 4.69) is 20.3 Å². The van der Waals surface area contributed by atoms with Gasteiger partial charge in [0.25, 0.3) is 0 Å². The van der Waals surface area contributed by atoms with Crippen LogP contribution >= 0.6 is 0 Å². The number of phenolic OH excluding ortho intramolecular Hbond substituents is 1. The lowest BCUT2D eigenvalue weighted by Gasteiger charge is -2.35. The number of hydrogen-bond acceptors (Lipinski definition) is 5. The molecule has 0 atom stereocenters. The highest BCUT2D eigenvalue weighted by Crippen LogP contribution is 2.30. The summed E-state index contributed by atoms with van der Waals surface area (Å²) < 4.78 is 1.71. The number of amides is 1. The summed E-state index contributed by atoms with van der Waals surface area (Å²) in [5.74, 6) is 1.51. The van der Waals surface area contributed by atoms with Crippen molar-refractivity contribution in [3.8, 4) is 17.0 Å². The van der Waals surface area contributed by atoms with E-state index in [1.165, 1.54) is 25.7 Å². The van der Waals surface area contributed by atoms with Crippen LogP contribution in [0.2, 0.25) is 0 Å². The van der Waals surface area contributed by atoms with E-state index in [1.54, 1.807) is 22.8 Å². The van der Waals surface area contributed by atoms with E-state index in [-0.39, 0.29) is 17.7 Å². The molecule has 2 N–H and O–H groups in total. The van der Waals surface area contributed by atoms with Crippen molar-refractivity contribution >= 4 is 30.7 Å². The molecule has 5 rings (SSSR count). The number of carbonyl (C=O) groups excluding carboxylic acids is 1. The van der Waals surface area contributed by atoms with E-state index in [0.29, 0.717) is 28.3 Å². The highest BCUT2D eigenvalue weighted by molar-refractivity contribution is 6.36. The maximum atomic E-state index is 13.0. The third kappa shape index (κ3) is 4.56. The van der Waals surface area contributed by atoms with Crippen molar-refractivity contribution in [1.29, 1.82) is 0 Å². The molecule has 8 heteroatoms. The zero-order valence-corrected chi connectivity index (χ0v) is 18.9. The van der Waals surface area contributed by atoms with Gasteiger partial charge in [0.2, 0.25) is 5.91 Å². The summed E-state index contributed by atoms with van der Waals surface area (Å²) in [7, 11) is 6.12. The minimum Gasteiger partial charge on any atom is -0.507 e. The summed E-state index contributed by atoms with van der Waals surface area (Å²) >= 11 is 0. The Morgan fingerprint density at radius 2 is 1.79 bits per heavy atom. The van der Waals surface area contributed by atoms with Crippen molar-refractivity contribution in [1.82, 2.24) is 19.5 Å². The molecular weight excluding hydrogens is 413 g/mol. The molecular formula is C25H30BN5O2. The van der Waals surface area contributed by atoms with Gasteiger partial charge >= 0.3 is 0 Å². The lowest BCUT2D eigenvalue weighted by atomic mass is 9.96. The van der Waals surface area contributed by atoms with E-state index < -0.39 is 0 Å². The number of benzene rings is 1. The molecule has 1 aliphatic carbocycles. The summed E-state index contributed by atoms with van der Waals surface area (Å²) in [6.07, 6.45) is 10.3. The largest absolute Gasteiger partial charge is 0.507 e. The number of likely N-dealkylation sites (tertiary alicyclic amines) is 1. The number of hydrogen-bond donors (Lipinski definition) is 2. The number of nitrogens with one attached hydrogen (secondary N) is 1. The van der Waals surface area contributed by atoms with Gasteiger partial charge in [0, 0.05) is 42.9 Å². The molecule has 1 saturated heterocycles. The van der Waals surface area contributed by atoms with Crippen LogP contribution < -0.4 is 10.8 Å². The number of fused-ring (bicyclic) bond motifs is 1. The molecule has 2 aliphatic rings. The normalized spacial score (nSPS) is 18.4. The second-order valence-corrected chi connectivity index (χ2v) is 9.31. The van der Waals surface area contributed by atoms with Crippen LogP contribution in [0.15, 0.2) is 36.5 Å². The van der Waals surface area contributed by atoms with Crippen LogP contribution in [-0.2, 0) is 4.79 Å². The Kier molecular flexibility index (Phi) is 6.25. The minimum absolute atomic E-state index is 0.170. The first kappa shape index (κ1) is 21.8. The fourth-order valence-electron chi connectivity index (χ4n) is 5.15. The third-order valence-corrected chi connectivity index (χ3v) is 7.04. The van der Waals surface area contributed by atoms with E-state index in [0.717, 1.165) is 44.6 Å². The molecule has 7 nitrogen and oxygen atoms in total. The highest BCUT2D eigenvalue weighted by Gasteiger charge is 2.29. The Morgan fingerprint density at radius 3 is 2.52 bits per heavy atom. The molecule has 1 aromatic carbocycles. The first-order valence-corrected chi connectivity index (χ1v) is 12.1. The number of rotatable bonds is 4. The Hall–Kier alpha value is -3.03. The van der Waals surface area contributed by atoms with Gasteiger partial charge in [-0.05, 0) is 43.3 Å². The number of phenols is 1. The third-order valence-electron chi connectivity index (χ3n) is 7.04. The van der Waals surface area contributed by atoms with E-state index in [9.17, 15) is 9.90 Å². The first-order valence-electron chi connectivity index (χ1n) is 12.1. The quantitative estimate of drug-likeness (QED) is 0.478. The Labute approximate surface area is 195 Å². The topological polar surface area (TPSA) is 82.8 Å². The predicted molar refractivity (Wildman–Crippen MR) is 130 cm³/mol. The molecule has 3 heterocycles. The van der Waals surface area contributed by atoms with Crippen LogP contribution in [0, 0.1) is 5.92 Å². The Balaban J connectivity index is 1.32. The minimum atomic E-state index is 0.170. The molecule has 1 aliphatic heterocycles. The van der Waals surface area contributed by atoms with Crippen LogP contribution in [-0.4, -0.2) is 57.5 Å². The smallest absolute Gasteiger partial charge is 0.225 e. The van der Waals surface area contributed by atoms with Gasteiger partial charge < -0.3 is 15.3 Å². The summed E-state index contributed by atoms with van der Waals surface area (Å²) in [5.41, 5.74) is 2.32. The van der Waals surface area contributed by atoms with Crippen molar-refractivity contribution in [2.75, 3.05) is 18.4 Å². The molecule has 3 aromatic rings. The summed E-state index contributed by atoms with van der Waals surface area (Å²) in [5, 5.41) is 18.3. The predicted octanol–water partition coefficient (Wildman–Crippen LogP) is 3.27. The van der Waals surface area contributed by atoms with Gasteiger partial charge in [-0.2, -0.15) is 9.61 Å². The van der Waals surface area contributed by atoms with Crippen molar-refractivity contribution < 1.29 is 9.90 Å². The number of carbonyl (C=O) groups is 1. The standard InChI is InChI=1S/C25H30BN5O2/c26-20-16-27-31-23(15-21(29-24(20)31)19-9-5-6-10-22(19)32)28-18-11-13-30(14-12-18)25(33)17-7-3-1-2-4-8-17/h5-6,9-10,15-18,28,32H,1-4,7-8,11-14H2. The fraction of sp³-hybridized carbons (Fsp3) is 0.480. The second-order valence-electron chi connectivity index (χ2n) is 9.31. The van der Waals surface area contributed by atoms with E-state index >= 15 is 0 Å².